The molecular weight excluding hydrogens is 590 g/mol. The van der Waals surface area contributed by atoms with E-state index in [1.807, 2.05) is 40.7 Å². The SMILES string of the molecule is COc1ccc(S(=O)(=O)N(CC(=O)N(Cc2ccccc2Cl)[C@H](C)C(=O)NC(C)(C)C)c2cc(C)cc(C)c2)cc1OC. The molecule has 1 atom stereocenters. The molecule has 9 nitrogen and oxygen atoms in total. The van der Waals surface area contributed by atoms with Gasteiger partial charge < -0.3 is 19.7 Å². The normalized spacial score (nSPS) is 12.3. The third kappa shape index (κ3) is 8.42. The molecule has 0 aliphatic heterocycles. The van der Waals surface area contributed by atoms with Gasteiger partial charge in [-0.3, -0.25) is 13.9 Å². The van der Waals surface area contributed by atoms with Gasteiger partial charge in [0.25, 0.3) is 10.0 Å². The van der Waals surface area contributed by atoms with Crippen molar-refractivity contribution in [3.63, 3.8) is 0 Å². The van der Waals surface area contributed by atoms with Gasteiger partial charge in [0, 0.05) is 23.2 Å². The summed E-state index contributed by atoms with van der Waals surface area (Å²) in [5.74, 6) is -0.378. The summed E-state index contributed by atoms with van der Waals surface area (Å²) in [6.07, 6.45) is 0. The Morgan fingerprint density at radius 3 is 2.09 bits per heavy atom. The van der Waals surface area contributed by atoms with E-state index in [0.717, 1.165) is 15.4 Å². The molecule has 3 rings (SSSR count). The molecule has 2 amide bonds. The van der Waals surface area contributed by atoms with Gasteiger partial charge in [-0.1, -0.05) is 35.9 Å². The summed E-state index contributed by atoms with van der Waals surface area (Å²) in [6, 6.07) is 15.6. The third-order valence-corrected chi connectivity index (χ3v) is 8.82. The molecule has 3 aromatic rings. The van der Waals surface area contributed by atoms with Crippen molar-refractivity contribution in [2.24, 2.45) is 0 Å². The Balaban J connectivity index is 2.13. The Labute approximate surface area is 259 Å². The minimum Gasteiger partial charge on any atom is -0.493 e. The van der Waals surface area contributed by atoms with E-state index < -0.39 is 34.1 Å². The average molecular weight is 630 g/mol. The fourth-order valence-corrected chi connectivity index (χ4v) is 6.20. The highest BCUT2D eigenvalue weighted by molar-refractivity contribution is 7.92. The highest BCUT2D eigenvalue weighted by Crippen LogP contribution is 2.33. The summed E-state index contributed by atoms with van der Waals surface area (Å²) in [4.78, 5) is 28.7. The maximum absolute atomic E-state index is 14.2. The molecule has 0 fully saturated rings. The van der Waals surface area contributed by atoms with E-state index in [9.17, 15) is 18.0 Å². The fraction of sp³-hybridized carbons (Fsp3) is 0.375. The van der Waals surface area contributed by atoms with Gasteiger partial charge in [-0.2, -0.15) is 0 Å². The number of aryl methyl sites for hydroxylation is 2. The van der Waals surface area contributed by atoms with E-state index in [2.05, 4.69) is 5.32 Å². The lowest BCUT2D eigenvalue weighted by Gasteiger charge is -2.33. The second-order valence-electron chi connectivity index (χ2n) is 11.4. The third-order valence-electron chi connectivity index (χ3n) is 6.68. The van der Waals surface area contributed by atoms with Crippen molar-refractivity contribution in [3.8, 4) is 11.5 Å². The first kappa shape index (κ1) is 33.7. The second kappa shape index (κ2) is 13.7. The molecule has 0 radical (unpaired) electrons. The summed E-state index contributed by atoms with van der Waals surface area (Å²) in [7, 11) is -1.44. The molecule has 43 heavy (non-hydrogen) atoms. The number of carbonyl (C=O) groups is 2. The van der Waals surface area contributed by atoms with Gasteiger partial charge in [-0.15, -0.1) is 0 Å². The number of nitrogens with one attached hydrogen (secondary N) is 1. The van der Waals surface area contributed by atoms with E-state index in [0.29, 0.717) is 22.0 Å². The van der Waals surface area contributed by atoms with Crippen LogP contribution in [0.3, 0.4) is 0 Å². The molecule has 0 aromatic heterocycles. The predicted octanol–water partition coefficient (Wildman–Crippen LogP) is 5.50. The molecule has 0 saturated carbocycles. The number of benzene rings is 3. The van der Waals surface area contributed by atoms with Gasteiger partial charge in [-0.25, -0.2) is 8.42 Å². The molecular formula is C32H40ClN3O6S. The molecule has 3 aromatic carbocycles. The number of ether oxygens (including phenoxy) is 2. The predicted molar refractivity (Wildman–Crippen MR) is 169 cm³/mol. The van der Waals surface area contributed by atoms with Gasteiger partial charge in [-0.05, 0) is 88.6 Å². The van der Waals surface area contributed by atoms with Crippen LogP contribution in [0.1, 0.15) is 44.4 Å². The van der Waals surface area contributed by atoms with E-state index in [4.69, 9.17) is 21.1 Å². The number of sulfonamides is 1. The number of hydrogen-bond acceptors (Lipinski definition) is 6. The van der Waals surface area contributed by atoms with Crippen LogP contribution in [0.25, 0.3) is 0 Å². The number of anilines is 1. The number of halogens is 1. The van der Waals surface area contributed by atoms with Gasteiger partial charge in [0.15, 0.2) is 11.5 Å². The van der Waals surface area contributed by atoms with Crippen LogP contribution >= 0.6 is 11.6 Å². The lowest BCUT2D eigenvalue weighted by atomic mass is 10.1. The molecule has 0 spiro atoms. The highest BCUT2D eigenvalue weighted by atomic mass is 35.5. The quantitative estimate of drug-likeness (QED) is 0.300. The molecule has 11 heteroatoms. The first-order valence-corrected chi connectivity index (χ1v) is 15.6. The number of hydrogen-bond donors (Lipinski definition) is 1. The Hall–Kier alpha value is -3.76. The second-order valence-corrected chi connectivity index (χ2v) is 13.7. The minimum atomic E-state index is -4.31. The van der Waals surface area contributed by atoms with Crippen molar-refractivity contribution >= 4 is 39.1 Å². The smallest absolute Gasteiger partial charge is 0.264 e. The van der Waals surface area contributed by atoms with Gasteiger partial charge in [0.1, 0.15) is 12.6 Å². The molecule has 0 unspecified atom stereocenters. The lowest BCUT2D eigenvalue weighted by molar-refractivity contribution is -0.140. The van der Waals surface area contributed by atoms with Crippen LogP contribution in [0.2, 0.25) is 5.02 Å². The Bertz CT molecular complexity index is 1570. The van der Waals surface area contributed by atoms with Crippen molar-refractivity contribution in [2.45, 2.75) is 64.6 Å². The first-order chi connectivity index (χ1) is 20.1. The Morgan fingerprint density at radius 2 is 1.53 bits per heavy atom. The van der Waals surface area contributed by atoms with Gasteiger partial charge in [0.2, 0.25) is 11.8 Å². The number of rotatable bonds is 11. The van der Waals surface area contributed by atoms with Crippen LogP contribution in [0.15, 0.2) is 65.6 Å². The maximum Gasteiger partial charge on any atom is 0.264 e. The van der Waals surface area contributed by atoms with Crippen molar-refractivity contribution < 1.29 is 27.5 Å². The zero-order valence-corrected chi connectivity index (χ0v) is 27.5. The average Bonchev–Trinajstić information content (AvgIpc) is 2.92. The highest BCUT2D eigenvalue weighted by Gasteiger charge is 2.34. The summed E-state index contributed by atoms with van der Waals surface area (Å²) >= 11 is 6.44. The number of nitrogens with zero attached hydrogens (tertiary/aromatic N) is 2. The molecule has 0 aliphatic carbocycles. The topological polar surface area (TPSA) is 105 Å². The van der Waals surface area contributed by atoms with Crippen LogP contribution in [0.4, 0.5) is 5.69 Å². The largest absolute Gasteiger partial charge is 0.493 e. The van der Waals surface area contributed by atoms with Crippen LogP contribution in [-0.2, 0) is 26.2 Å². The maximum atomic E-state index is 14.2. The van der Waals surface area contributed by atoms with E-state index >= 15 is 0 Å². The number of carbonyl (C=O) groups excluding carboxylic acids is 2. The van der Waals surface area contributed by atoms with Crippen molar-refractivity contribution in [2.75, 3.05) is 25.1 Å². The molecule has 232 valence electrons. The molecule has 0 heterocycles. The first-order valence-electron chi connectivity index (χ1n) is 13.8. The zero-order valence-electron chi connectivity index (χ0n) is 25.9. The Kier molecular flexibility index (Phi) is 10.7. The molecule has 0 aliphatic rings. The molecule has 1 N–H and O–H groups in total. The monoisotopic (exact) mass is 629 g/mol. The minimum absolute atomic E-state index is 0.00563. The number of amides is 2. The van der Waals surface area contributed by atoms with E-state index in [1.54, 1.807) is 43.3 Å². The standard InChI is InChI=1S/C32H40ClN3O6S/c1-21-15-22(2)17-25(16-21)36(43(39,40)26-13-14-28(41-7)29(18-26)42-8)20-30(37)35(19-24-11-9-10-12-27(24)33)23(3)31(38)34-32(4,5)6/h9-18,23H,19-20H2,1-8H3,(H,34,38)/t23-/m1/s1. The van der Waals surface area contributed by atoms with Gasteiger partial charge in [0.05, 0.1) is 24.8 Å². The van der Waals surface area contributed by atoms with Crippen LogP contribution in [0.5, 0.6) is 11.5 Å². The summed E-state index contributed by atoms with van der Waals surface area (Å²) in [6.45, 7) is 10.3. The van der Waals surface area contributed by atoms with Crippen molar-refractivity contribution in [1.82, 2.24) is 10.2 Å². The van der Waals surface area contributed by atoms with Crippen molar-refractivity contribution in [3.05, 3.63) is 82.4 Å². The molecule has 0 bridgehead atoms. The van der Waals surface area contributed by atoms with Crippen molar-refractivity contribution in [1.29, 1.82) is 0 Å². The number of methoxy groups -OCH3 is 2. The lowest BCUT2D eigenvalue weighted by Crippen LogP contribution is -2.54. The molecule has 0 saturated heterocycles. The summed E-state index contributed by atoms with van der Waals surface area (Å²) in [5.41, 5.74) is 2.02. The van der Waals surface area contributed by atoms with Crippen LogP contribution in [0, 0.1) is 13.8 Å². The van der Waals surface area contributed by atoms with Gasteiger partial charge >= 0.3 is 0 Å². The Morgan fingerprint density at radius 1 is 0.930 bits per heavy atom. The summed E-state index contributed by atoms with van der Waals surface area (Å²) < 4.78 is 40.2. The zero-order chi connectivity index (χ0) is 32.1. The summed E-state index contributed by atoms with van der Waals surface area (Å²) in [5, 5.41) is 3.33. The van der Waals surface area contributed by atoms with Crippen LogP contribution in [-0.4, -0.2) is 57.5 Å². The van der Waals surface area contributed by atoms with E-state index in [-0.39, 0.29) is 23.1 Å². The fourth-order valence-electron chi connectivity index (χ4n) is 4.59. The van der Waals surface area contributed by atoms with Crippen LogP contribution < -0.4 is 19.1 Å². The van der Waals surface area contributed by atoms with E-state index in [1.165, 1.54) is 37.3 Å².